The molecule has 10 heavy (non-hydrogen) atoms. The predicted molar refractivity (Wildman–Crippen MR) is 46.8 cm³/mol. The molecule has 0 bridgehead atoms. The minimum absolute atomic E-state index is 1.04. The summed E-state index contributed by atoms with van der Waals surface area (Å²) in [5.74, 6) is 0. The number of rotatable bonds is 0. The lowest BCUT2D eigenvalue weighted by atomic mass is 10.1. The molecule has 0 aromatic heterocycles. The van der Waals surface area contributed by atoms with E-state index in [1.165, 1.54) is 11.1 Å². The minimum atomic E-state index is 1.04. The normalized spacial score (nSPS) is 14.7. The Hall–Kier alpha value is -0.690. The molecule has 0 spiro atoms. The fraction of sp³-hybridized carbons (Fsp3) is 0. The zero-order valence-corrected chi connectivity index (χ0v) is 6.31. The van der Waals surface area contributed by atoms with Crippen LogP contribution in [0.25, 0.3) is 6.08 Å². The summed E-state index contributed by atoms with van der Waals surface area (Å²) < 4.78 is 0. The fourth-order valence-corrected chi connectivity index (χ4v) is 1.41. The summed E-state index contributed by atoms with van der Waals surface area (Å²) in [5, 5.41) is 0. The first-order valence-electron chi connectivity index (χ1n) is 3.21. The molecule has 1 aromatic rings. The lowest BCUT2D eigenvalue weighted by Crippen LogP contribution is -1.75. The Morgan fingerprint density at radius 2 is 1.70 bits per heavy atom. The van der Waals surface area contributed by atoms with Gasteiger partial charge in [0, 0.05) is 6.42 Å². The van der Waals surface area contributed by atoms with Gasteiger partial charge in [0.2, 0.25) is 0 Å². The molecule has 0 N–H and O–H groups in total. The van der Waals surface area contributed by atoms with E-state index in [2.05, 4.69) is 37.3 Å². The van der Waals surface area contributed by atoms with Crippen molar-refractivity contribution in [1.29, 1.82) is 0 Å². The van der Waals surface area contributed by atoms with Gasteiger partial charge in [-0.1, -0.05) is 24.3 Å². The summed E-state index contributed by atoms with van der Waals surface area (Å²) in [6.07, 6.45) is 4.14. The number of hydrogen-bond donors (Lipinski definition) is 1. The molecule has 0 saturated heterocycles. The highest BCUT2D eigenvalue weighted by Gasteiger charge is 2.07. The van der Waals surface area contributed by atoms with Crippen molar-refractivity contribution >= 4 is 18.7 Å². The van der Waals surface area contributed by atoms with Gasteiger partial charge >= 0.3 is 0 Å². The van der Waals surface area contributed by atoms with E-state index in [4.69, 9.17) is 0 Å². The van der Waals surface area contributed by atoms with Gasteiger partial charge < -0.3 is 0 Å². The Morgan fingerprint density at radius 1 is 1.00 bits per heavy atom. The minimum Gasteiger partial charge on any atom is -0.147 e. The second kappa shape index (κ2) is 2.17. The van der Waals surface area contributed by atoms with Crippen LogP contribution in [0.3, 0.4) is 0 Å². The topological polar surface area (TPSA) is 0 Å². The number of benzene rings is 1. The van der Waals surface area contributed by atoms with E-state index in [1.54, 1.807) is 0 Å². The molecule has 1 radical (unpaired) electrons. The lowest BCUT2D eigenvalue weighted by molar-refractivity contribution is 1.54. The van der Waals surface area contributed by atoms with Gasteiger partial charge in [-0.15, -0.1) is 12.6 Å². The van der Waals surface area contributed by atoms with Gasteiger partial charge in [0.05, 0.1) is 0 Å². The monoisotopic (exact) mass is 147 g/mol. The molecule has 0 fully saturated rings. The molecular formula is C9H7S. The highest BCUT2D eigenvalue weighted by atomic mass is 32.1. The maximum absolute atomic E-state index is 4.24. The van der Waals surface area contributed by atoms with Crippen molar-refractivity contribution < 1.29 is 0 Å². The molecule has 0 amide bonds. The molecule has 2 rings (SSSR count). The van der Waals surface area contributed by atoms with Crippen molar-refractivity contribution in [2.24, 2.45) is 0 Å². The molecule has 0 nitrogen and oxygen atoms in total. The lowest BCUT2D eigenvalue weighted by Gasteiger charge is -1.93. The molecule has 1 heteroatoms. The predicted octanol–water partition coefficient (Wildman–Crippen LogP) is 2.52. The van der Waals surface area contributed by atoms with Crippen LogP contribution >= 0.6 is 12.6 Å². The van der Waals surface area contributed by atoms with E-state index in [-0.39, 0.29) is 0 Å². The Labute approximate surface area is 66.0 Å². The molecule has 49 valence electrons. The largest absolute Gasteiger partial charge is 0.147 e. The van der Waals surface area contributed by atoms with Crippen molar-refractivity contribution in [3.8, 4) is 0 Å². The zero-order chi connectivity index (χ0) is 6.97. The van der Waals surface area contributed by atoms with Crippen LogP contribution in [0.5, 0.6) is 0 Å². The van der Waals surface area contributed by atoms with E-state index in [0.29, 0.717) is 0 Å². The molecule has 1 aliphatic carbocycles. The highest BCUT2D eigenvalue weighted by molar-refractivity contribution is 7.84. The van der Waals surface area contributed by atoms with E-state index in [9.17, 15) is 0 Å². The van der Waals surface area contributed by atoms with Gasteiger partial charge in [-0.05, 0) is 22.1 Å². The maximum atomic E-state index is 4.24. The van der Waals surface area contributed by atoms with Gasteiger partial charge in [0.25, 0.3) is 0 Å². The first-order chi connectivity index (χ1) is 4.86. The number of fused-ring (bicyclic) bond motifs is 1. The van der Waals surface area contributed by atoms with Gasteiger partial charge in [0.1, 0.15) is 0 Å². The van der Waals surface area contributed by atoms with Gasteiger partial charge in [-0.3, -0.25) is 0 Å². The van der Waals surface area contributed by atoms with E-state index in [1.807, 2.05) is 12.1 Å². The summed E-state index contributed by atoms with van der Waals surface area (Å²) in [4.78, 5) is 1.04. The van der Waals surface area contributed by atoms with Crippen molar-refractivity contribution in [3.63, 3.8) is 0 Å². The van der Waals surface area contributed by atoms with Crippen LogP contribution < -0.4 is 0 Å². The van der Waals surface area contributed by atoms with Crippen molar-refractivity contribution in [2.45, 2.75) is 0 Å². The average molecular weight is 147 g/mol. The van der Waals surface area contributed by atoms with E-state index in [0.717, 1.165) is 4.91 Å². The standard InChI is InChI=1S/C9H7S/c10-9-5-7-3-1-2-4-8(7)6-9/h1-6,10H. The van der Waals surface area contributed by atoms with Crippen LogP contribution in [0.15, 0.2) is 29.2 Å². The Morgan fingerprint density at radius 3 is 2.40 bits per heavy atom. The molecule has 0 aliphatic heterocycles. The number of allylic oxidation sites excluding steroid dienone is 1. The summed E-state index contributed by atoms with van der Waals surface area (Å²) in [6.45, 7) is 0. The van der Waals surface area contributed by atoms with Gasteiger partial charge in [0.15, 0.2) is 0 Å². The summed E-state index contributed by atoms with van der Waals surface area (Å²) in [6, 6.07) is 8.26. The molecule has 0 heterocycles. The van der Waals surface area contributed by atoms with Crippen LogP contribution in [0.1, 0.15) is 11.1 Å². The quantitative estimate of drug-likeness (QED) is 0.535. The van der Waals surface area contributed by atoms with Crippen LogP contribution in [-0.4, -0.2) is 0 Å². The Balaban J connectivity index is 2.54. The van der Waals surface area contributed by atoms with Crippen molar-refractivity contribution in [3.05, 3.63) is 46.7 Å². The zero-order valence-electron chi connectivity index (χ0n) is 5.41. The summed E-state index contributed by atoms with van der Waals surface area (Å²) in [7, 11) is 0. The summed E-state index contributed by atoms with van der Waals surface area (Å²) in [5.41, 5.74) is 2.54. The first kappa shape index (κ1) is 6.05. The van der Waals surface area contributed by atoms with Crippen LogP contribution in [0, 0.1) is 6.42 Å². The van der Waals surface area contributed by atoms with Crippen molar-refractivity contribution in [1.82, 2.24) is 0 Å². The third-order valence-corrected chi connectivity index (χ3v) is 1.86. The van der Waals surface area contributed by atoms with E-state index >= 15 is 0 Å². The third-order valence-electron chi connectivity index (χ3n) is 1.60. The molecular weight excluding hydrogens is 140 g/mol. The molecule has 1 aromatic carbocycles. The van der Waals surface area contributed by atoms with Crippen LogP contribution in [0.4, 0.5) is 0 Å². The Kier molecular flexibility index (Phi) is 1.31. The highest BCUT2D eigenvalue weighted by Crippen LogP contribution is 2.27. The van der Waals surface area contributed by atoms with Gasteiger partial charge in [-0.2, -0.15) is 0 Å². The van der Waals surface area contributed by atoms with Crippen LogP contribution in [0.2, 0.25) is 0 Å². The average Bonchev–Trinajstić information content (AvgIpc) is 2.27. The second-order valence-corrected chi connectivity index (χ2v) is 2.86. The first-order valence-corrected chi connectivity index (χ1v) is 3.65. The SMILES string of the molecule is SC1=Cc2ccccc2[CH]1. The second-order valence-electron chi connectivity index (χ2n) is 2.34. The Bertz CT molecular complexity index is 287. The molecule has 1 aliphatic rings. The molecule has 0 saturated carbocycles. The fourth-order valence-electron chi connectivity index (χ4n) is 1.13. The van der Waals surface area contributed by atoms with Crippen molar-refractivity contribution in [2.75, 3.05) is 0 Å². The van der Waals surface area contributed by atoms with Gasteiger partial charge in [-0.25, -0.2) is 0 Å². The molecule has 0 atom stereocenters. The van der Waals surface area contributed by atoms with E-state index < -0.39 is 0 Å². The summed E-state index contributed by atoms with van der Waals surface area (Å²) >= 11 is 4.24. The molecule has 0 unspecified atom stereocenters. The third kappa shape index (κ3) is 0.868. The number of thiol groups is 1. The van der Waals surface area contributed by atoms with Crippen LogP contribution in [-0.2, 0) is 0 Å². The smallest absolute Gasteiger partial charge is 0.0267 e. The number of hydrogen-bond acceptors (Lipinski definition) is 1. The maximum Gasteiger partial charge on any atom is 0.0267 e.